The first-order chi connectivity index (χ1) is 8.06. The molecule has 0 saturated heterocycles. The summed E-state index contributed by atoms with van der Waals surface area (Å²) < 4.78 is 23.8. The number of benzene rings is 1. The molecule has 1 aromatic rings. The molecule has 0 aromatic heterocycles. The van der Waals surface area contributed by atoms with Gasteiger partial charge in [-0.25, -0.2) is 9.18 Å². The molecule has 0 saturated carbocycles. The quantitative estimate of drug-likeness (QED) is 0.724. The Kier molecular flexibility index (Phi) is 3.11. The van der Waals surface area contributed by atoms with Crippen LogP contribution in [0.1, 0.15) is 10.4 Å². The highest BCUT2D eigenvalue weighted by atomic mass is 35.5. The van der Waals surface area contributed by atoms with Gasteiger partial charge in [0.1, 0.15) is 17.9 Å². The molecule has 0 unspecified atom stereocenters. The highest BCUT2D eigenvalue weighted by molar-refractivity contribution is 6.31. The Bertz CT molecular complexity index is 478. The lowest BCUT2D eigenvalue weighted by Crippen LogP contribution is -2.31. The fourth-order valence-corrected chi connectivity index (χ4v) is 1.97. The van der Waals surface area contributed by atoms with Gasteiger partial charge >= 0.3 is 5.97 Å². The summed E-state index contributed by atoms with van der Waals surface area (Å²) in [5.74, 6) is -1.15. The molecule has 0 aliphatic carbocycles. The van der Waals surface area contributed by atoms with Crippen LogP contribution >= 0.6 is 11.6 Å². The van der Waals surface area contributed by atoms with Crippen molar-refractivity contribution in [3.63, 3.8) is 0 Å². The van der Waals surface area contributed by atoms with Crippen LogP contribution in [-0.2, 0) is 4.74 Å². The van der Waals surface area contributed by atoms with Crippen LogP contribution in [-0.4, -0.2) is 33.3 Å². The summed E-state index contributed by atoms with van der Waals surface area (Å²) in [5.41, 5.74) is 0.196. The van der Waals surface area contributed by atoms with Crippen LogP contribution < -0.4 is 9.64 Å². The lowest BCUT2D eigenvalue weighted by Gasteiger charge is -2.29. The highest BCUT2D eigenvalue weighted by Gasteiger charge is 2.29. The summed E-state index contributed by atoms with van der Waals surface area (Å²) >= 11 is 5.72. The van der Waals surface area contributed by atoms with E-state index >= 15 is 0 Å². The third-order valence-electron chi connectivity index (χ3n) is 2.61. The number of rotatable bonds is 1. The number of anilines is 1. The standard InChI is InChI=1S/C11H11ClFNO3/c1-14-3-4-17-7-5-6(12)9(13)8(10(7)14)11(15)16-2/h5H,3-4H2,1-2H3. The predicted molar refractivity (Wildman–Crippen MR) is 61.5 cm³/mol. The van der Waals surface area contributed by atoms with Crippen LogP contribution in [0.2, 0.25) is 5.02 Å². The molecule has 1 aliphatic rings. The summed E-state index contributed by atoms with van der Waals surface area (Å²) in [6.45, 7) is 1.03. The van der Waals surface area contributed by atoms with E-state index in [2.05, 4.69) is 4.74 Å². The van der Waals surface area contributed by atoms with E-state index in [0.717, 1.165) is 0 Å². The molecule has 2 rings (SSSR count). The van der Waals surface area contributed by atoms with Crippen LogP contribution in [0.3, 0.4) is 0 Å². The van der Waals surface area contributed by atoms with Crippen LogP contribution in [0, 0.1) is 5.82 Å². The average Bonchev–Trinajstić information content (AvgIpc) is 2.31. The van der Waals surface area contributed by atoms with Gasteiger partial charge in [-0.3, -0.25) is 0 Å². The highest BCUT2D eigenvalue weighted by Crippen LogP contribution is 2.39. The van der Waals surface area contributed by atoms with E-state index in [-0.39, 0.29) is 10.6 Å². The van der Waals surface area contributed by atoms with E-state index in [0.29, 0.717) is 24.6 Å². The number of ether oxygens (including phenoxy) is 2. The molecule has 0 amide bonds. The molecule has 0 bridgehead atoms. The molecule has 4 nitrogen and oxygen atoms in total. The molecule has 92 valence electrons. The second-order valence-electron chi connectivity index (χ2n) is 3.66. The maximum absolute atomic E-state index is 13.9. The number of methoxy groups -OCH3 is 1. The van der Waals surface area contributed by atoms with Gasteiger partial charge in [-0.15, -0.1) is 0 Å². The molecule has 17 heavy (non-hydrogen) atoms. The number of carbonyl (C=O) groups is 1. The Labute approximate surface area is 103 Å². The van der Waals surface area contributed by atoms with Gasteiger partial charge in [0.2, 0.25) is 0 Å². The SMILES string of the molecule is COC(=O)c1c(F)c(Cl)cc2c1N(C)CCO2. The first kappa shape index (κ1) is 12.0. The van der Waals surface area contributed by atoms with Gasteiger partial charge < -0.3 is 14.4 Å². The summed E-state index contributed by atoms with van der Waals surface area (Å²) in [6, 6.07) is 1.37. The Balaban J connectivity index is 2.69. The van der Waals surface area contributed by atoms with Crippen molar-refractivity contribution in [1.82, 2.24) is 0 Å². The average molecular weight is 260 g/mol. The molecular weight excluding hydrogens is 249 g/mol. The van der Waals surface area contributed by atoms with Gasteiger partial charge in [0.05, 0.1) is 24.4 Å². The number of nitrogens with zero attached hydrogens (tertiary/aromatic N) is 1. The van der Waals surface area contributed by atoms with Crippen LogP contribution in [0.5, 0.6) is 5.75 Å². The van der Waals surface area contributed by atoms with Crippen molar-refractivity contribution >= 4 is 23.3 Å². The van der Waals surface area contributed by atoms with Gasteiger partial charge in [-0.05, 0) is 0 Å². The van der Waals surface area contributed by atoms with Crippen molar-refractivity contribution in [1.29, 1.82) is 0 Å². The van der Waals surface area contributed by atoms with Gasteiger partial charge in [-0.2, -0.15) is 0 Å². The molecular formula is C11H11ClFNO3. The second-order valence-corrected chi connectivity index (χ2v) is 4.06. The number of hydrogen-bond acceptors (Lipinski definition) is 4. The molecule has 0 spiro atoms. The lowest BCUT2D eigenvalue weighted by atomic mass is 10.1. The molecule has 0 atom stereocenters. The van der Waals surface area contributed by atoms with Crippen LogP contribution in [0.25, 0.3) is 0 Å². The molecule has 6 heteroatoms. The molecule has 1 aromatic carbocycles. The number of likely N-dealkylation sites (N-methyl/N-ethyl adjacent to an activating group) is 1. The number of halogens is 2. The minimum atomic E-state index is -0.783. The maximum Gasteiger partial charge on any atom is 0.343 e. The Morgan fingerprint density at radius 3 is 3.00 bits per heavy atom. The van der Waals surface area contributed by atoms with E-state index in [4.69, 9.17) is 16.3 Å². The Morgan fingerprint density at radius 2 is 2.35 bits per heavy atom. The van der Waals surface area contributed by atoms with Gasteiger partial charge in [0.15, 0.2) is 5.82 Å². The first-order valence-corrected chi connectivity index (χ1v) is 5.38. The van der Waals surface area contributed by atoms with E-state index in [1.54, 1.807) is 11.9 Å². The largest absolute Gasteiger partial charge is 0.489 e. The zero-order valence-corrected chi connectivity index (χ0v) is 10.2. The van der Waals surface area contributed by atoms with Crippen molar-refractivity contribution in [3.8, 4) is 5.75 Å². The zero-order chi connectivity index (χ0) is 12.6. The Morgan fingerprint density at radius 1 is 1.65 bits per heavy atom. The van der Waals surface area contributed by atoms with Crippen molar-refractivity contribution in [2.45, 2.75) is 0 Å². The monoisotopic (exact) mass is 259 g/mol. The third-order valence-corrected chi connectivity index (χ3v) is 2.89. The van der Waals surface area contributed by atoms with Crippen LogP contribution in [0.15, 0.2) is 6.07 Å². The van der Waals surface area contributed by atoms with E-state index in [9.17, 15) is 9.18 Å². The smallest absolute Gasteiger partial charge is 0.343 e. The topological polar surface area (TPSA) is 38.8 Å². The number of carbonyl (C=O) groups excluding carboxylic acids is 1. The first-order valence-electron chi connectivity index (χ1n) is 5.00. The fraction of sp³-hybridized carbons (Fsp3) is 0.364. The van der Waals surface area contributed by atoms with E-state index in [1.165, 1.54) is 13.2 Å². The fourth-order valence-electron chi connectivity index (χ4n) is 1.78. The van der Waals surface area contributed by atoms with Crippen molar-refractivity contribution in [2.24, 2.45) is 0 Å². The summed E-state index contributed by atoms with van der Waals surface area (Å²) in [6.07, 6.45) is 0. The van der Waals surface area contributed by atoms with Gasteiger partial charge in [0.25, 0.3) is 0 Å². The third kappa shape index (κ3) is 1.91. The second kappa shape index (κ2) is 4.41. The number of hydrogen-bond donors (Lipinski definition) is 0. The minimum Gasteiger partial charge on any atom is -0.489 e. The molecule has 1 aliphatic heterocycles. The zero-order valence-electron chi connectivity index (χ0n) is 9.42. The van der Waals surface area contributed by atoms with Crippen LogP contribution in [0.4, 0.5) is 10.1 Å². The molecule has 1 heterocycles. The Hall–Kier alpha value is -1.49. The number of fused-ring (bicyclic) bond motifs is 1. The van der Waals surface area contributed by atoms with Crippen molar-refractivity contribution in [2.75, 3.05) is 32.2 Å². The van der Waals surface area contributed by atoms with Crippen molar-refractivity contribution in [3.05, 3.63) is 22.5 Å². The van der Waals surface area contributed by atoms with Crippen molar-refractivity contribution < 1.29 is 18.7 Å². The normalized spacial score (nSPS) is 14.0. The maximum atomic E-state index is 13.9. The minimum absolute atomic E-state index is 0.153. The van der Waals surface area contributed by atoms with Gasteiger partial charge in [-0.1, -0.05) is 11.6 Å². The molecule has 0 fully saturated rings. The van der Waals surface area contributed by atoms with E-state index < -0.39 is 11.8 Å². The lowest BCUT2D eigenvalue weighted by molar-refractivity contribution is 0.0595. The summed E-state index contributed by atoms with van der Waals surface area (Å²) in [4.78, 5) is 13.3. The van der Waals surface area contributed by atoms with E-state index in [1.807, 2.05) is 0 Å². The molecule has 0 N–H and O–H groups in total. The summed E-state index contributed by atoms with van der Waals surface area (Å²) in [5, 5.41) is -0.153. The predicted octanol–water partition coefficient (Wildman–Crippen LogP) is 2.09. The molecule has 0 radical (unpaired) electrons. The summed E-state index contributed by atoms with van der Waals surface area (Å²) in [7, 11) is 2.94. The van der Waals surface area contributed by atoms with Gasteiger partial charge in [0, 0.05) is 13.1 Å². The number of esters is 1.